The topological polar surface area (TPSA) is 132 Å². The van der Waals surface area contributed by atoms with E-state index in [2.05, 4.69) is 70.9 Å². The summed E-state index contributed by atoms with van der Waals surface area (Å²) < 4.78 is 8.29. The summed E-state index contributed by atoms with van der Waals surface area (Å²) in [4.78, 5) is 35.4. The molecule has 2 heterocycles. The Labute approximate surface area is 344 Å². The number of phenols is 1. The van der Waals surface area contributed by atoms with Crippen LogP contribution in [0.4, 0.5) is 4.79 Å². The highest BCUT2D eigenvalue weighted by atomic mass is 16.5. The Balaban J connectivity index is 0.000000223. The van der Waals surface area contributed by atoms with Crippen LogP contribution < -0.4 is 10.5 Å². The molecule has 0 fully saturated rings. The van der Waals surface area contributed by atoms with Crippen molar-refractivity contribution >= 4 is 12.0 Å². The zero-order chi connectivity index (χ0) is 42.5. The molecular formula is C47H61N7O4. The third kappa shape index (κ3) is 17.1. The highest BCUT2D eigenvalue weighted by Gasteiger charge is 2.14. The molecule has 2 aromatic heterocycles. The maximum absolute atomic E-state index is 12.2. The van der Waals surface area contributed by atoms with Gasteiger partial charge in [0, 0.05) is 49.3 Å². The number of hydrogen-bond donors (Lipinski definition) is 2. The van der Waals surface area contributed by atoms with E-state index in [1.165, 1.54) is 32.9 Å². The molecule has 6 rings (SSSR count). The van der Waals surface area contributed by atoms with Crippen LogP contribution in [0.25, 0.3) is 0 Å². The van der Waals surface area contributed by atoms with Gasteiger partial charge in [0.2, 0.25) is 0 Å². The molecule has 4 aromatic carbocycles. The molecule has 11 nitrogen and oxygen atoms in total. The number of aromatic nitrogens is 4. The monoisotopic (exact) mass is 787 g/mol. The fraction of sp³-hybridized carbons (Fsp3) is 0.319. The number of nitrogens with two attached hydrogens (primary N) is 1. The lowest BCUT2D eigenvalue weighted by molar-refractivity contribution is -0.135. The summed E-state index contributed by atoms with van der Waals surface area (Å²) in [6.45, 7) is 8.34. The van der Waals surface area contributed by atoms with E-state index in [0.29, 0.717) is 24.0 Å². The largest absolute Gasteiger partial charge is 0.508 e. The summed E-state index contributed by atoms with van der Waals surface area (Å²) in [5.41, 5.74) is 10.5. The molecule has 0 bridgehead atoms. The Bertz CT molecular complexity index is 1980. The van der Waals surface area contributed by atoms with Crippen molar-refractivity contribution in [2.45, 2.75) is 65.1 Å². The molecule has 0 aliphatic carbocycles. The van der Waals surface area contributed by atoms with Gasteiger partial charge in [0.25, 0.3) is 0 Å². The molecule has 0 radical (unpaired) electrons. The summed E-state index contributed by atoms with van der Waals surface area (Å²) >= 11 is 0. The van der Waals surface area contributed by atoms with Crippen LogP contribution in [0.3, 0.4) is 0 Å². The number of carbonyl (C=O) groups is 2. The first-order chi connectivity index (χ1) is 27.7. The van der Waals surface area contributed by atoms with Crippen molar-refractivity contribution in [1.82, 2.24) is 28.9 Å². The lowest BCUT2D eigenvalue weighted by atomic mass is 9.98. The molecule has 58 heavy (non-hydrogen) atoms. The third-order valence-electron chi connectivity index (χ3n) is 9.27. The average molecular weight is 788 g/mol. The number of carbonyl (C=O) groups excluding carboxylic acids is 2. The Morgan fingerprint density at radius 3 is 1.60 bits per heavy atom. The molecule has 11 heteroatoms. The van der Waals surface area contributed by atoms with Crippen molar-refractivity contribution in [3.8, 4) is 11.5 Å². The molecule has 3 N–H and O–H groups in total. The van der Waals surface area contributed by atoms with E-state index in [1.807, 2.05) is 102 Å². The molecule has 0 unspecified atom stereocenters. The van der Waals surface area contributed by atoms with Crippen LogP contribution in [0.1, 0.15) is 68.5 Å². The van der Waals surface area contributed by atoms with Gasteiger partial charge < -0.3 is 25.4 Å². The number of esters is 1. The van der Waals surface area contributed by atoms with Crippen molar-refractivity contribution in [3.63, 3.8) is 0 Å². The van der Waals surface area contributed by atoms with E-state index in [9.17, 15) is 14.7 Å². The first-order valence-corrected chi connectivity index (χ1v) is 19.5. The Hall–Kier alpha value is -5.88. The van der Waals surface area contributed by atoms with Crippen molar-refractivity contribution in [1.29, 1.82) is 0 Å². The van der Waals surface area contributed by atoms with Crippen molar-refractivity contribution in [2.75, 3.05) is 28.2 Å². The van der Waals surface area contributed by atoms with Crippen LogP contribution in [-0.4, -0.2) is 80.2 Å². The number of phenolic OH excluding ortho intramolecular Hbond substituents is 1. The molecule has 0 saturated carbocycles. The van der Waals surface area contributed by atoms with Gasteiger partial charge in [-0.3, -0.25) is 13.9 Å². The number of hydrogen-bond acceptors (Lipinski definition) is 9. The highest BCUT2D eigenvalue weighted by molar-refractivity contribution is 5.78. The maximum atomic E-state index is 12.2. The quantitative estimate of drug-likeness (QED) is 0.0978. The smallest absolute Gasteiger partial charge is 0.338 e. The molecule has 0 amide bonds. The average Bonchev–Trinajstić information content (AvgIpc) is 3.95. The fourth-order valence-corrected chi connectivity index (χ4v) is 5.63. The zero-order valence-corrected chi connectivity index (χ0v) is 35.2. The minimum Gasteiger partial charge on any atom is -0.508 e. The summed E-state index contributed by atoms with van der Waals surface area (Å²) in [6.07, 6.45) is 11.4. The first kappa shape index (κ1) is 46.5. The standard InChI is InChI=1S/C21H27NO2.C10H15NO.C9H13N.C7H6N4O/c1-16(13-18-9-6-5-7-10-18)14-21(23)24-20-12-8-11-19(15-20)17(2)22(3)4;1-8(11(2)3)9-5-4-6-10(12)7-9;1-8(10)7-9-5-3-2-4-6-9;12-7(10-3-1-8-5-10)11-4-2-9-6-11/h5-12,15-17H,13-14H2,1-4H3;4-8,12H,1-3H3;2-6,8H,7,10H2,1H3;1-6H/t16-,17-;2*8-;/m111./s1. The second-order valence-corrected chi connectivity index (χ2v) is 14.8. The molecule has 0 aliphatic rings. The van der Waals surface area contributed by atoms with E-state index in [1.54, 1.807) is 36.9 Å². The minimum atomic E-state index is -0.190. The number of aromatic hydroxyl groups is 1. The minimum absolute atomic E-state index is 0.173. The lowest BCUT2D eigenvalue weighted by Crippen LogP contribution is -2.17. The van der Waals surface area contributed by atoms with Crippen LogP contribution in [0.5, 0.6) is 11.5 Å². The number of imidazole rings is 2. The van der Waals surface area contributed by atoms with Gasteiger partial charge in [-0.05, 0) is 114 Å². The SMILES string of the molecule is C[C@@H](CC(=O)Oc1cccc([C@@H](C)N(C)C)c1)Cc1ccccc1.C[C@@H](N)Cc1ccccc1.C[C@H](c1cccc(O)c1)N(C)C.O=C(n1ccnc1)n1ccnc1. The van der Waals surface area contributed by atoms with E-state index in [4.69, 9.17) is 10.5 Å². The van der Waals surface area contributed by atoms with Crippen LogP contribution in [0, 0.1) is 5.92 Å². The molecule has 4 atom stereocenters. The van der Waals surface area contributed by atoms with Crippen LogP contribution in [-0.2, 0) is 17.6 Å². The maximum Gasteiger partial charge on any atom is 0.338 e. The van der Waals surface area contributed by atoms with Crippen LogP contribution >= 0.6 is 0 Å². The number of nitrogens with zero attached hydrogens (tertiary/aromatic N) is 6. The van der Waals surface area contributed by atoms with Gasteiger partial charge in [-0.25, -0.2) is 14.8 Å². The van der Waals surface area contributed by atoms with Crippen LogP contribution in [0.2, 0.25) is 0 Å². The highest BCUT2D eigenvalue weighted by Crippen LogP contribution is 2.23. The fourth-order valence-electron chi connectivity index (χ4n) is 5.63. The predicted molar refractivity (Wildman–Crippen MR) is 233 cm³/mol. The van der Waals surface area contributed by atoms with Gasteiger partial charge >= 0.3 is 12.0 Å². The summed E-state index contributed by atoms with van der Waals surface area (Å²) in [5, 5.41) is 9.23. The second-order valence-electron chi connectivity index (χ2n) is 14.8. The van der Waals surface area contributed by atoms with Gasteiger partial charge in [0.1, 0.15) is 24.2 Å². The van der Waals surface area contributed by atoms with E-state index in [0.717, 1.165) is 24.0 Å². The molecule has 308 valence electrons. The van der Waals surface area contributed by atoms with Gasteiger partial charge in [-0.1, -0.05) is 91.9 Å². The number of rotatable bonds is 11. The number of ether oxygens (including phenoxy) is 1. The predicted octanol–water partition coefficient (Wildman–Crippen LogP) is 8.67. The zero-order valence-electron chi connectivity index (χ0n) is 35.2. The second kappa shape index (κ2) is 24.7. The lowest BCUT2D eigenvalue weighted by Gasteiger charge is -2.20. The van der Waals surface area contributed by atoms with E-state index < -0.39 is 0 Å². The first-order valence-electron chi connectivity index (χ1n) is 19.5. The van der Waals surface area contributed by atoms with Crippen molar-refractivity contribution in [3.05, 3.63) is 169 Å². The van der Waals surface area contributed by atoms with E-state index in [-0.39, 0.29) is 30.0 Å². The Kier molecular flexibility index (Phi) is 19.8. The molecule has 0 saturated heterocycles. The molecule has 6 aromatic rings. The Morgan fingerprint density at radius 1 is 0.672 bits per heavy atom. The van der Waals surface area contributed by atoms with Gasteiger partial charge in [-0.2, -0.15) is 0 Å². The molecular weight excluding hydrogens is 727 g/mol. The van der Waals surface area contributed by atoms with E-state index >= 15 is 0 Å². The van der Waals surface area contributed by atoms with Crippen molar-refractivity contribution < 1.29 is 19.4 Å². The molecule has 0 aliphatic heterocycles. The van der Waals surface area contributed by atoms with Crippen molar-refractivity contribution in [2.24, 2.45) is 11.7 Å². The summed E-state index contributed by atoms with van der Waals surface area (Å²) in [5.74, 6) is 1.04. The summed E-state index contributed by atoms with van der Waals surface area (Å²) in [6, 6.07) is 36.4. The normalized spacial score (nSPS) is 12.7. The van der Waals surface area contributed by atoms with Gasteiger partial charge in [0.05, 0.1) is 0 Å². The molecule has 0 spiro atoms. The van der Waals surface area contributed by atoms with Crippen LogP contribution in [0.15, 0.2) is 147 Å². The van der Waals surface area contributed by atoms with Gasteiger partial charge in [-0.15, -0.1) is 0 Å². The Morgan fingerprint density at radius 2 is 1.16 bits per heavy atom. The number of benzene rings is 4. The summed E-state index contributed by atoms with van der Waals surface area (Å²) in [7, 11) is 8.12. The van der Waals surface area contributed by atoms with Gasteiger partial charge in [0.15, 0.2) is 0 Å². The third-order valence-corrected chi connectivity index (χ3v) is 9.27.